The largest absolute Gasteiger partial charge is 0.435 e. The number of rotatable bonds is 2. The minimum Gasteiger partial charge on any atom is -0.391 e. The van der Waals surface area contributed by atoms with Gasteiger partial charge in [0, 0.05) is 19.3 Å². The van der Waals surface area contributed by atoms with E-state index in [1.54, 1.807) is 0 Å². The van der Waals surface area contributed by atoms with Crippen molar-refractivity contribution in [1.82, 2.24) is 14.7 Å². The van der Waals surface area contributed by atoms with Crippen LogP contribution in [0, 0.1) is 0 Å². The molecule has 0 aromatic carbocycles. The van der Waals surface area contributed by atoms with Crippen LogP contribution in [-0.4, -0.2) is 44.9 Å². The van der Waals surface area contributed by atoms with E-state index < -0.39 is 18.0 Å². The number of aliphatic hydroxyl groups excluding tert-OH is 1. The van der Waals surface area contributed by atoms with Crippen molar-refractivity contribution in [2.45, 2.75) is 31.7 Å². The average molecular weight is 277 g/mol. The summed E-state index contributed by atoms with van der Waals surface area (Å²) in [6.45, 7) is 0.498. The van der Waals surface area contributed by atoms with Gasteiger partial charge in [-0.3, -0.25) is 9.48 Å². The molecule has 1 fully saturated rings. The third-order valence-electron chi connectivity index (χ3n) is 2.98. The minimum atomic E-state index is -4.50. The maximum Gasteiger partial charge on any atom is 0.435 e. The first kappa shape index (κ1) is 13.9. The number of aromatic nitrogens is 2. The highest BCUT2D eigenvalue weighted by Gasteiger charge is 2.33. The Hall–Kier alpha value is -1.57. The second-order valence-electron chi connectivity index (χ2n) is 4.53. The summed E-state index contributed by atoms with van der Waals surface area (Å²) in [5.74, 6) is -0.337. The van der Waals surface area contributed by atoms with E-state index >= 15 is 0 Å². The number of hydrogen-bond donors (Lipinski definition) is 1. The van der Waals surface area contributed by atoms with Crippen LogP contribution in [0.1, 0.15) is 18.5 Å². The number of halogens is 3. The van der Waals surface area contributed by atoms with Crippen molar-refractivity contribution in [3.63, 3.8) is 0 Å². The van der Waals surface area contributed by atoms with Gasteiger partial charge in [-0.1, -0.05) is 0 Å². The highest BCUT2D eigenvalue weighted by molar-refractivity contribution is 5.76. The van der Waals surface area contributed by atoms with Crippen molar-refractivity contribution in [3.05, 3.63) is 18.0 Å². The maximum atomic E-state index is 12.3. The molecule has 1 N–H and O–H groups in total. The summed E-state index contributed by atoms with van der Waals surface area (Å²) in [6, 6.07) is 0.832. The summed E-state index contributed by atoms with van der Waals surface area (Å²) >= 11 is 0. The molecule has 1 amide bonds. The third kappa shape index (κ3) is 3.46. The lowest BCUT2D eigenvalue weighted by Gasteiger charge is -2.30. The summed E-state index contributed by atoms with van der Waals surface area (Å²) in [6.07, 6.45) is -2.60. The van der Waals surface area contributed by atoms with E-state index in [-0.39, 0.29) is 19.0 Å². The first-order chi connectivity index (χ1) is 8.86. The lowest BCUT2D eigenvalue weighted by Crippen LogP contribution is -2.43. The molecular weight excluding hydrogens is 263 g/mol. The second kappa shape index (κ2) is 5.20. The van der Waals surface area contributed by atoms with Crippen molar-refractivity contribution >= 4 is 5.91 Å². The Kier molecular flexibility index (Phi) is 3.79. The van der Waals surface area contributed by atoms with Gasteiger partial charge in [-0.25, -0.2) is 0 Å². The van der Waals surface area contributed by atoms with Gasteiger partial charge in [-0.15, -0.1) is 0 Å². The second-order valence-corrected chi connectivity index (χ2v) is 4.53. The smallest absolute Gasteiger partial charge is 0.391 e. The number of carbonyl (C=O) groups excluding carboxylic acids is 1. The Balaban J connectivity index is 1.97. The molecule has 2 heterocycles. The van der Waals surface area contributed by atoms with Gasteiger partial charge in [-0.2, -0.15) is 18.3 Å². The number of β-amino-alcohol motifs (C(OH)–C–C–N with tert-alkyl or cyclic N) is 1. The van der Waals surface area contributed by atoms with Crippen LogP contribution in [0.15, 0.2) is 12.3 Å². The molecule has 106 valence electrons. The van der Waals surface area contributed by atoms with E-state index in [2.05, 4.69) is 5.10 Å². The first-order valence-corrected chi connectivity index (χ1v) is 5.93. The van der Waals surface area contributed by atoms with Gasteiger partial charge in [0.1, 0.15) is 6.54 Å². The zero-order valence-corrected chi connectivity index (χ0v) is 10.1. The molecule has 0 spiro atoms. The zero-order chi connectivity index (χ0) is 14.0. The van der Waals surface area contributed by atoms with Crippen molar-refractivity contribution in [2.24, 2.45) is 0 Å². The van der Waals surface area contributed by atoms with Crippen LogP contribution in [-0.2, 0) is 17.5 Å². The van der Waals surface area contributed by atoms with Crippen molar-refractivity contribution < 1.29 is 23.1 Å². The van der Waals surface area contributed by atoms with Gasteiger partial charge in [0.25, 0.3) is 0 Å². The third-order valence-corrected chi connectivity index (χ3v) is 2.98. The predicted molar refractivity (Wildman–Crippen MR) is 59.0 cm³/mol. The lowest BCUT2D eigenvalue weighted by atomic mass is 10.1. The van der Waals surface area contributed by atoms with Gasteiger partial charge in [0.2, 0.25) is 5.91 Å². The average Bonchev–Trinajstić information content (AvgIpc) is 2.77. The number of hydrogen-bond acceptors (Lipinski definition) is 3. The first-order valence-electron chi connectivity index (χ1n) is 5.93. The fourth-order valence-corrected chi connectivity index (χ4v) is 2.02. The molecule has 1 saturated heterocycles. The highest BCUT2D eigenvalue weighted by Crippen LogP contribution is 2.27. The summed E-state index contributed by atoms with van der Waals surface area (Å²) < 4.78 is 38.0. The van der Waals surface area contributed by atoms with Gasteiger partial charge < -0.3 is 10.0 Å². The highest BCUT2D eigenvalue weighted by atomic mass is 19.4. The molecule has 0 aliphatic carbocycles. The monoisotopic (exact) mass is 277 g/mol. The molecule has 0 unspecified atom stereocenters. The van der Waals surface area contributed by atoms with E-state index in [9.17, 15) is 23.1 Å². The number of alkyl halides is 3. The molecule has 8 heteroatoms. The van der Waals surface area contributed by atoms with Crippen LogP contribution in [0.25, 0.3) is 0 Å². The number of piperidine rings is 1. The molecule has 19 heavy (non-hydrogen) atoms. The quantitative estimate of drug-likeness (QED) is 0.873. The minimum absolute atomic E-state index is 0.228. The number of carbonyl (C=O) groups is 1. The van der Waals surface area contributed by atoms with E-state index in [0.29, 0.717) is 19.4 Å². The van der Waals surface area contributed by atoms with E-state index in [0.717, 1.165) is 16.9 Å². The van der Waals surface area contributed by atoms with E-state index in [4.69, 9.17) is 0 Å². The Labute approximate surface area is 107 Å². The topological polar surface area (TPSA) is 58.4 Å². The molecule has 1 aliphatic heterocycles. The summed E-state index contributed by atoms with van der Waals surface area (Å²) in [5, 5.41) is 12.8. The Bertz CT molecular complexity index is 458. The van der Waals surface area contributed by atoms with Gasteiger partial charge in [0.15, 0.2) is 5.69 Å². The fourth-order valence-electron chi connectivity index (χ4n) is 2.02. The van der Waals surface area contributed by atoms with Crippen LogP contribution in [0.2, 0.25) is 0 Å². The van der Waals surface area contributed by atoms with Crippen LogP contribution < -0.4 is 0 Å². The molecule has 5 nitrogen and oxygen atoms in total. The summed E-state index contributed by atoms with van der Waals surface area (Å²) in [4.78, 5) is 13.3. The maximum absolute atomic E-state index is 12.3. The van der Waals surface area contributed by atoms with Crippen molar-refractivity contribution in [2.75, 3.05) is 13.1 Å². The van der Waals surface area contributed by atoms with Crippen molar-refractivity contribution in [3.8, 4) is 0 Å². The summed E-state index contributed by atoms with van der Waals surface area (Å²) in [7, 11) is 0. The normalized spacial score (nSPS) is 20.6. The Morgan fingerprint density at radius 1 is 1.53 bits per heavy atom. The predicted octanol–water partition coefficient (Wildman–Crippen LogP) is 0.885. The number of nitrogens with zero attached hydrogens (tertiary/aromatic N) is 3. The van der Waals surface area contributed by atoms with Crippen LogP contribution in [0.5, 0.6) is 0 Å². The Morgan fingerprint density at radius 3 is 2.84 bits per heavy atom. The van der Waals surface area contributed by atoms with Crippen LogP contribution in [0.3, 0.4) is 0 Å². The van der Waals surface area contributed by atoms with Crippen LogP contribution >= 0.6 is 0 Å². The summed E-state index contributed by atoms with van der Waals surface area (Å²) in [5.41, 5.74) is -1.01. The SMILES string of the molecule is O=C(Cn1ccc(C(F)(F)F)n1)N1CCC[C@H](O)C1. The Morgan fingerprint density at radius 2 is 2.26 bits per heavy atom. The number of amides is 1. The number of likely N-dealkylation sites (tertiary alicyclic amines) is 1. The van der Waals surface area contributed by atoms with Crippen LogP contribution in [0.4, 0.5) is 13.2 Å². The zero-order valence-electron chi connectivity index (χ0n) is 10.1. The van der Waals surface area contributed by atoms with Crippen molar-refractivity contribution in [1.29, 1.82) is 0 Å². The molecular formula is C11H14F3N3O2. The molecule has 1 atom stereocenters. The van der Waals surface area contributed by atoms with Gasteiger partial charge in [0.05, 0.1) is 6.10 Å². The van der Waals surface area contributed by atoms with Gasteiger partial charge >= 0.3 is 6.18 Å². The molecule has 2 rings (SSSR count). The van der Waals surface area contributed by atoms with Gasteiger partial charge in [-0.05, 0) is 18.9 Å². The molecule has 1 aliphatic rings. The molecule has 1 aromatic heterocycles. The fraction of sp³-hybridized carbons (Fsp3) is 0.636. The molecule has 1 aromatic rings. The lowest BCUT2D eigenvalue weighted by molar-refractivity contribution is -0.142. The number of aliphatic hydroxyl groups is 1. The van der Waals surface area contributed by atoms with E-state index in [1.807, 2.05) is 0 Å². The molecule has 0 bridgehead atoms. The molecule has 0 saturated carbocycles. The van der Waals surface area contributed by atoms with E-state index in [1.165, 1.54) is 4.90 Å². The molecule has 0 radical (unpaired) electrons. The standard InChI is InChI=1S/C11H14F3N3O2/c12-11(13,14)9-3-5-17(15-9)7-10(19)16-4-1-2-8(18)6-16/h3,5,8,18H,1-2,4,6-7H2/t8-/m0/s1.